The van der Waals surface area contributed by atoms with Crippen molar-refractivity contribution in [1.82, 2.24) is 5.32 Å². The molecule has 0 heterocycles. The number of phenols is 3. The maximum Gasteiger partial charge on any atom is 0.262 e. The van der Waals surface area contributed by atoms with Crippen LogP contribution < -0.4 is 10.0 Å². The Morgan fingerprint density at radius 2 is 1.22 bits per heavy atom. The van der Waals surface area contributed by atoms with Gasteiger partial charge in [-0.15, -0.1) is 0 Å². The van der Waals surface area contributed by atoms with E-state index in [4.69, 9.17) is 0 Å². The molecule has 8 nitrogen and oxygen atoms in total. The van der Waals surface area contributed by atoms with Crippen LogP contribution >= 0.6 is 0 Å². The van der Waals surface area contributed by atoms with E-state index in [0.717, 1.165) is 11.1 Å². The van der Waals surface area contributed by atoms with Crippen LogP contribution in [-0.2, 0) is 10.0 Å². The number of anilines is 1. The summed E-state index contributed by atoms with van der Waals surface area (Å²) in [6.45, 7) is 0.598. The minimum absolute atomic E-state index is 0.0357. The first-order valence-electron chi connectivity index (χ1n) is 11.6. The number of hydrogen-bond acceptors (Lipinski definition) is 7. The van der Waals surface area contributed by atoms with Gasteiger partial charge in [-0.05, 0) is 65.2 Å². The molecule has 0 fully saturated rings. The zero-order chi connectivity index (χ0) is 26.4. The van der Waals surface area contributed by atoms with Crippen molar-refractivity contribution in [2.75, 3.05) is 17.8 Å². The molecule has 0 saturated carbocycles. The Balaban J connectivity index is 1.46. The smallest absolute Gasteiger partial charge is 0.262 e. The van der Waals surface area contributed by atoms with Crippen LogP contribution in [0.2, 0.25) is 0 Å². The van der Waals surface area contributed by atoms with Crippen LogP contribution in [0.15, 0.2) is 102 Å². The van der Waals surface area contributed by atoms with Crippen molar-refractivity contribution in [1.29, 1.82) is 0 Å². The van der Waals surface area contributed by atoms with Crippen molar-refractivity contribution in [3.8, 4) is 17.2 Å². The van der Waals surface area contributed by atoms with Gasteiger partial charge in [0.05, 0.1) is 16.7 Å². The van der Waals surface area contributed by atoms with Gasteiger partial charge in [-0.25, -0.2) is 8.42 Å². The van der Waals surface area contributed by atoms with E-state index in [-0.39, 0.29) is 40.3 Å². The van der Waals surface area contributed by atoms with Crippen LogP contribution in [0.3, 0.4) is 0 Å². The van der Waals surface area contributed by atoms with E-state index in [2.05, 4.69) is 10.0 Å². The third-order valence-corrected chi connectivity index (χ3v) is 7.36. The van der Waals surface area contributed by atoms with Crippen molar-refractivity contribution in [2.45, 2.75) is 16.9 Å². The summed E-state index contributed by atoms with van der Waals surface area (Å²) >= 11 is 0. The summed E-state index contributed by atoms with van der Waals surface area (Å²) in [5.41, 5.74) is 2.26. The SMILES string of the molecule is O=S(=O)(Nc1cc([C@@H](O)CNCC(c2ccc(O)cc2)c2ccc(O)cc2)ccc1O)c1ccccc1. The second kappa shape index (κ2) is 11.3. The summed E-state index contributed by atoms with van der Waals surface area (Å²) in [4.78, 5) is 0.0523. The molecule has 0 unspecified atom stereocenters. The average molecular weight is 521 g/mol. The summed E-state index contributed by atoms with van der Waals surface area (Å²) in [5, 5.41) is 43.6. The molecule has 37 heavy (non-hydrogen) atoms. The summed E-state index contributed by atoms with van der Waals surface area (Å²) in [5.74, 6) is -0.0742. The average Bonchev–Trinajstić information content (AvgIpc) is 2.89. The molecule has 0 spiro atoms. The maximum absolute atomic E-state index is 12.7. The Labute approximate surface area is 215 Å². The van der Waals surface area contributed by atoms with E-state index in [9.17, 15) is 28.8 Å². The van der Waals surface area contributed by atoms with E-state index in [0.29, 0.717) is 12.1 Å². The highest BCUT2D eigenvalue weighted by Crippen LogP contribution is 2.30. The molecule has 4 aromatic carbocycles. The molecule has 0 aliphatic carbocycles. The maximum atomic E-state index is 12.7. The molecule has 0 aliphatic rings. The molecule has 1 atom stereocenters. The molecular weight excluding hydrogens is 492 g/mol. The number of aliphatic hydroxyl groups is 1. The minimum Gasteiger partial charge on any atom is -0.508 e. The normalized spacial score (nSPS) is 12.4. The number of hydrogen-bond donors (Lipinski definition) is 6. The molecule has 4 rings (SSSR count). The quantitative estimate of drug-likeness (QED) is 0.173. The molecule has 0 radical (unpaired) electrons. The van der Waals surface area contributed by atoms with Crippen LogP contribution in [0.1, 0.15) is 28.7 Å². The molecule has 0 amide bonds. The third-order valence-electron chi connectivity index (χ3n) is 5.98. The number of aromatic hydroxyl groups is 3. The molecule has 6 N–H and O–H groups in total. The van der Waals surface area contributed by atoms with Gasteiger partial charge in [0, 0.05) is 19.0 Å². The second-order valence-electron chi connectivity index (χ2n) is 8.60. The Bertz CT molecular complexity index is 1380. The van der Waals surface area contributed by atoms with Crippen LogP contribution in [0.5, 0.6) is 17.2 Å². The van der Waals surface area contributed by atoms with Gasteiger partial charge in [0.25, 0.3) is 10.0 Å². The number of benzene rings is 4. The van der Waals surface area contributed by atoms with E-state index in [1.54, 1.807) is 42.5 Å². The second-order valence-corrected chi connectivity index (χ2v) is 10.3. The Morgan fingerprint density at radius 3 is 1.78 bits per heavy atom. The zero-order valence-electron chi connectivity index (χ0n) is 19.8. The highest BCUT2D eigenvalue weighted by atomic mass is 32.2. The van der Waals surface area contributed by atoms with Gasteiger partial charge in [0.15, 0.2) is 0 Å². The fourth-order valence-corrected chi connectivity index (χ4v) is 5.06. The minimum atomic E-state index is -3.92. The zero-order valence-corrected chi connectivity index (χ0v) is 20.6. The molecule has 4 aromatic rings. The van der Waals surface area contributed by atoms with Gasteiger partial charge in [-0.1, -0.05) is 48.5 Å². The van der Waals surface area contributed by atoms with Crippen LogP contribution in [0, 0.1) is 0 Å². The van der Waals surface area contributed by atoms with Gasteiger partial charge < -0.3 is 25.7 Å². The van der Waals surface area contributed by atoms with E-state index in [1.807, 2.05) is 24.3 Å². The monoisotopic (exact) mass is 520 g/mol. The van der Waals surface area contributed by atoms with Gasteiger partial charge in [0.1, 0.15) is 17.2 Å². The Morgan fingerprint density at radius 1 is 0.676 bits per heavy atom. The largest absolute Gasteiger partial charge is 0.508 e. The van der Waals surface area contributed by atoms with Crippen LogP contribution in [0.4, 0.5) is 5.69 Å². The number of aliphatic hydroxyl groups excluding tert-OH is 1. The van der Waals surface area contributed by atoms with Crippen molar-refractivity contribution >= 4 is 15.7 Å². The molecule has 192 valence electrons. The first-order valence-corrected chi connectivity index (χ1v) is 13.1. The number of rotatable bonds is 10. The summed E-state index contributed by atoms with van der Waals surface area (Å²) < 4.78 is 27.7. The lowest BCUT2D eigenvalue weighted by Crippen LogP contribution is -2.27. The predicted molar refractivity (Wildman–Crippen MR) is 141 cm³/mol. The summed E-state index contributed by atoms with van der Waals surface area (Å²) in [6, 6.07) is 25.7. The van der Waals surface area contributed by atoms with Gasteiger partial charge in [-0.3, -0.25) is 4.72 Å². The topological polar surface area (TPSA) is 139 Å². The highest BCUT2D eigenvalue weighted by molar-refractivity contribution is 7.92. The molecule has 0 aliphatic heterocycles. The lowest BCUT2D eigenvalue weighted by molar-refractivity contribution is 0.174. The van der Waals surface area contributed by atoms with Crippen molar-refractivity contribution in [3.05, 3.63) is 114 Å². The molecule has 9 heteroatoms. The lowest BCUT2D eigenvalue weighted by atomic mass is 9.91. The summed E-state index contributed by atoms with van der Waals surface area (Å²) in [7, 11) is -3.92. The van der Waals surface area contributed by atoms with E-state index in [1.165, 1.54) is 30.3 Å². The van der Waals surface area contributed by atoms with Gasteiger partial charge >= 0.3 is 0 Å². The van der Waals surface area contributed by atoms with Crippen molar-refractivity contribution in [3.63, 3.8) is 0 Å². The van der Waals surface area contributed by atoms with E-state index < -0.39 is 16.1 Å². The third kappa shape index (κ3) is 6.59. The summed E-state index contributed by atoms with van der Waals surface area (Å²) in [6.07, 6.45) is -0.985. The van der Waals surface area contributed by atoms with Gasteiger partial charge in [-0.2, -0.15) is 0 Å². The van der Waals surface area contributed by atoms with Crippen LogP contribution in [0.25, 0.3) is 0 Å². The molecule has 0 bridgehead atoms. The highest BCUT2D eigenvalue weighted by Gasteiger charge is 2.19. The standard InChI is InChI=1S/C28H28N2O6S/c31-22-11-6-19(7-12-22)25(20-8-13-23(32)14-9-20)17-29-18-28(34)21-10-15-27(33)26(16-21)30-37(35,36)24-4-2-1-3-5-24/h1-16,25,28-34H,17-18H2/t28-/m0/s1. The Hall–Kier alpha value is -4.05. The fourth-order valence-electron chi connectivity index (χ4n) is 3.97. The van der Waals surface area contributed by atoms with Crippen molar-refractivity contribution in [2.24, 2.45) is 0 Å². The first-order chi connectivity index (χ1) is 17.7. The predicted octanol–water partition coefficient (Wildman–Crippen LogP) is 4.06. The lowest BCUT2D eigenvalue weighted by Gasteiger charge is -2.21. The fraction of sp³-hybridized carbons (Fsp3) is 0.143. The Kier molecular flexibility index (Phi) is 7.98. The molecule has 0 saturated heterocycles. The van der Waals surface area contributed by atoms with Crippen LogP contribution in [-0.4, -0.2) is 41.9 Å². The number of sulfonamides is 1. The van der Waals surface area contributed by atoms with E-state index >= 15 is 0 Å². The van der Waals surface area contributed by atoms with Crippen molar-refractivity contribution < 1.29 is 28.8 Å². The first kappa shape index (κ1) is 26.0. The number of nitrogens with one attached hydrogen (secondary N) is 2. The van der Waals surface area contributed by atoms with Gasteiger partial charge in [0.2, 0.25) is 0 Å². The molecular formula is C28H28N2O6S. The molecule has 0 aromatic heterocycles. The number of phenolic OH excluding ortho intramolecular Hbond substituents is 3.